The predicted molar refractivity (Wildman–Crippen MR) is 107 cm³/mol. The summed E-state index contributed by atoms with van der Waals surface area (Å²) in [5.74, 6) is -1.44. The second-order valence-electron chi connectivity index (χ2n) is 6.35. The zero-order valence-corrected chi connectivity index (χ0v) is 14.9. The molecule has 28 heavy (non-hydrogen) atoms. The Labute approximate surface area is 161 Å². The highest BCUT2D eigenvalue weighted by atomic mass is 16.4. The van der Waals surface area contributed by atoms with Crippen LogP contribution in [0.1, 0.15) is 26.3 Å². The van der Waals surface area contributed by atoms with Crippen LogP contribution >= 0.6 is 0 Å². The first-order valence-corrected chi connectivity index (χ1v) is 8.74. The molecule has 6 nitrogen and oxygen atoms in total. The zero-order chi connectivity index (χ0) is 19.5. The molecule has 2 heterocycles. The summed E-state index contributed by atoms with van der Waals surface area (Å²) < 4.78 is 2.00. The van der Waals surface area contributed by atoms with E-state index in [1.165, 1.54) is 6.07 Å². The molecule has 0 radical (unpaired) electrons. The quantitative estimate of drug-likeness (QED) is 0.555. The Bertz CT molecular complexity index is 1170. The van der Waals surface area contributed by atoms with Crippen molar-refractivity contribution in [2.24, 2.45) is 0 Å². The highest BCUT2D eigenvalue weighted by molar-refractivity contribution is 6.14. The number of carboxylic acids is 1. The van der Waals surface area contributed by atoms with E-state index >= 15 is 0 Å². The van der Waals surface area contributed by atoms with Crippen LogP contribution in [0.25, 0.3) is 10.9 Å². The van der Waals surface area contributed by atoms with Gasteiger partial charge in [-0.3, -0.25) is 9.78 Å². The third kappa shape index (κ3) is 3.35. The number of rotatable bonds is 5. The molecule has 2 aromatic heterocycles. The van der Waals surface area contributed by atoms with Crippen molar-refractivity contribution in [3.8, 4) is 0 Å². The number of hydrogen-bond donors (Lipinski definition) is 2. The largest absolute Gasteiger partial charge is 0.478 e. The minimum atomic E-state index is -1.09. The number of para-hydroxylation sites is 2. The molecule has 1 amide bonds. The van der Waals surface area contributed by atoms with Crippen LogP contribution in [0.2, 0.25) is 0 Å². The van der Waals surface area contributed by atoms with E-state index in [0.717, 1.165) is 16.5 Å². The Hall–Kier alpha value is -3.93. The summed E-state index contributed by atoms with van der Waals surface area (Å²) in [6.45, 7) is 0.599. The molecular formula is C22H17N3O3. The van der Waals surface area contributed by atoms with E-state index in [0.29, 0.717) is 12.1 Å². The van der Waals surface area contributed by atoms with Gasteiger partial charge in [0.25, 0.3) is 5.91 Å². The molecule has 0 fully saturated rings. The second-order valence-corrected chi connectivity index (χ2v) is 6.35. The fourth-order valence-corrected chi connectivity index (χ4v) is 3.21. The third-order valence-corrected chi connectivity index (χ3v) is 4.54. The van der Waals surface area contributed by atoms with Gasteiger partial charge in [-0.15, -0.1) is 0 Å². The fraction of sp³-hybridized carbons (Fsp3) is 0.0455. The number of aromatic nitrogens is 2. The number of amides is 1. The Morgan fingerprint density at radius 1 is 0.929 bits per heavy atom. The number of pyridine rings is 1. The highest BCUT2D eigenvalue weighted by Crippen LogP contribution is 2.24. The van der Waals surface area contributed by atoms with E-state index in [4.69, 9.17) is 0 Å². The normalized spacial score (nSPS) is 10.7. The Morgan fingerprint density at radius 2 is 1.64 bits per heavy atom. The van der Waals surface area contributed by atoms with E-state index in [2.05, 4.69) is 10.3 Å². The van der Waals surface area contributed by atoms with Gasteiger partial charge >= 0.3 is 5.97 Å². The standard InChI is InChI=1S/C22H17N3O3/c26-21(24-19-7-3-1-6-17(19)22(27)28)18-14-25(13-15-9-11-23-12-10-15)20-8-4-2-5-16(18)20/h1-12,14H,13H2,(H,24,26)(H,27,28). The molecule has 0 atom stereocenters. The minimum Gasteiger partial charge on any atom is -0.478 e. The maximum atomic E-state index is 12.9. The number of carbonyl (C=O) groups is 2. The molecule has 4 aromatic rings. The summed E-state index contributed by atoms with van der Waals surface area (Å²) >= 11 is 0. The lowest BCUT2D eigenvalue weighted by atomic mass is 10.1. The lowest BCUT2D eigenvalue weighted by Crippen LogP contribution is -2.14. The Kier molecular flexibility index (Phi) is 4.60. The van der Waals surface area contributed by atoms with E-state index in [9.17, 15) is 14.7 Å². The van der Waals surface area contributed by atoms with Crippen molar-refractivity contribution in [3.05, 3.63) is 95.9 Å². The van der Waals surface area contributed by atoms with Gasteiger partial charge in [-0.05, 0) is 35.9 Å². The summed E-state index contributed by atoms with van der Waals surface area (Å²) in [6.07, 6.45) is 5.26. The van der Waals surface area contributed by atoms with Crippen molar-refractivity contribution < 1.29 is 14.7 Å². The molecule has 6 heteroatoms. The lowest BCUT2D eigenvalue weighted by molar-refractivity contribution is 0.0698. The van der Waals surface area contributed by atoms with Crippen LogP contribution in [-0.4, -0.2) is 26.5 Å². The van der Waals surface area contributed by atoms with Gasteiger partial charge in [0.05, 0.1) is 16.8 Å². The second kappa shape index (κ2) is 7.36. The fourth-order valence-electron chi connectivity index (χ4n) is 3.21. The molecule has 0 saturated heterocycles. The highest BCUT2D eigenvalue weighted by Gasteiger charge is 2.17. The van der Waals surface area contributed by atoms with Gasteiger partial charge in [-0.25, -0.2) is 4.79 Å². The third-order valence-electron chi connectivity index (χ3n) is 4.54. The molecule has 2 aromatic carbocycles. The first-order valence-electron chi connectivity index (χ1n) is 8.74. The molecule has 0 spiro atoms. The van der Waals surface area contributed by atoms with Crippen molar-refractivity contribution in [1.82, 2.24) is 9.55 Å². The molecular weight excluding hydrogens is 354 g/mol. The smallest absolute Gasteiger partial charge is 0.337 e. The van der Waals surface area contributed by atoms with Crippen LogP contribution in [0.15, 0.2) is 79.3 Å². The molecule has 138 valence electrons. The zero-order valence-electron chi connectivity index (χ0n) is 14.9. The van der Waals surface area contributed by atoms with Crippen molar-refractivity contribution >= 4 is 28.5 Å². The van der Waals surface area contributed by atoms with Crippen LogP contribution in [0, 0.1) is 0 Å². The molecule has 2 N–H and O–H groups in total. The molecule has 0 bridgehead atoms. The van der Waals surface area contributed by atoms with Crippen LogP contribution in [0.3, 0.4) is 0 Å². The van der Waals surface area contributed by atoms with Crippen molar-refractivity contribution in [1.29, 1.82) is 0 Å². The van der Waals surface area contributed by atoms with Crippen LogP contribution in [-0.2, 0) is 6.54 Å². The number of carboxylic acid groups (broad SMARTS) is 1. The molecule has 4 rings (SSSR count). The summed E-state index contributed by atoms with van der Waals surface area (Å²) in [4.78, 5) is 28.4. The molecule has 0 aliphatic carbocycles. The van der Waals surface area contributed by atoms with Crippen LogP contribution in [0.5, 0.6) is 0 Å². The first-order chi connectivity index (χ1) is 13.6. The average molecular weight is 371 g/mol. The summed E-state index contributed by atoms with van der Waals surface area (Å²) in [7, 11) is 0. The number of hydrogen-bond acceptors (Lipinski definition) is 3. The van der Waals surface area contributed by atoms with Gasteiger partial charge in [-0.1, -0.05) is 30.3 Å². The molecule has 0 unspecified atom stereocenters. The van der Waals surface area contributed by atoms with Crippen molar-refractivity contribution in [3.63, 3.8) is 0 Å². The van der Waals surface area contributed by atoms with Crippen molar-refractivity contribution in [2.45, 2.75) is 6.54 Å². The number of fused-ring (bicyclic) bond motifs is 1. The number of nitrogens with one attached hydrogen (secondary N) is 1. The Morgan fingerprint density at radius 3 is 2.43 bits per heavy atom. The van der Waals surface area contributed by atoms with Gasteiger partial charge in [0.1, 0.15) is 0 Å². The Balaban J connectivity index is 1.71. The summed E-state index contributed by atoms with van der Waals surface area (Å²) in [5.41, 5.74) is 2.81. The summed E-state index contributed by atoms with van der Waals surface area (Å²) in [5, 5.41) is 12.9. The van der Waals surface area contributed by atoms with Gasteiger partial charge in [0.15, 0.2) is 0 Å². The van der Waals surface area contributed by atoms with E-state index in [1.807, 2.05) is 41.0 Å². The van der Waals surface area contributed by atoms with Gasteiger partial charge in [-0.2, -0.15) is 0 Å². The van der Waals surface area contributed by atoms with Crippen molar-refractivity contribution in [2.75, 3.05) is 5.32 Å². The maximum absolute atomic E-state index is 12.9. The van der Waals surface area contributed by atoms with Crippen LogP contribution in [0.4, 0.5) is 5.69 Å². The number of aromatic carboxylic acids is 1. The maximum Gasteiger partial charge on any atom is 0.337 e. The predicted octanol–water partition coefficient (Wildman–Crippen LogP) is 4.04. The number of nitrogens with zero attached hydrogens (tertiary/aromatic N) is 2. The number of benzene rings is 2. The first kappa shape index (κ1) is 17.5. The number of anilines is 1. The van der Waals surface area contributed by atoms with Gasteiger partial charge in [0, 0.05) is 36.0 Å². The molecule has 0 aliphatic heterocycles. The van der Waals surface area contributed by atoms with E-state index in [1.54, 1.807) is 36.8 Å². The van der Waals surface area contributed by atoms with E-state index < -0.39 is 5.97 Å². The topological polar surface area (TPSA) is 84.2 Å². The van der Waals surface area contributed by atoms with Crippen LogP contribution < -0.4 is 5.32 Å². The average Bonchev–Trinajstić information content (AvgIpc) is 3.08. The number of carbonyl (C=O) groups excluding carboxylic acids is 1. The van der Waals surface area contributed by atoms with E-state index in [-0.39, 0.29) is 17.2 Å². The summed E-state index contributed by atoms with van der Waals surface area (Å²) in [6, 6.07) is 17.9. The SMILES string of the molecule is O=C(O)c1ccccc1NC(=O)c1cn(Cc2ccncc2)c2ccccc12. The molecule has 0 aliphatic rings. The monoisotopic (exact) mass is 371 g/mol. The lowest BCUT2D eigenvalue weighted by Gasteiger charge is -2.07. The van der Waals surface area contributed by atoms with Gasteiger partial charge in [0.2, 0.25) is 0 Å². The van der Waals surface area contributed by atoms with Gasteiger partial charge < -0.3 is 15.0 Å². The minimum absolute atomic E-state index is 0.0522. The molecule has 0 saturated carbocycles.